The van der Waals surface area contributed by atoms with Crippen LogP contribution in [0.4, 0.5) is 0 Å². The molecule has 0 aliphatic heterocycles. The van der Waals surface area contributed by atoms with E-state index in [1.165, 1.54) is 13.3 Å². The fourth-order valence-corrected chi connectivity index (χ4v) is 1.52. The Kier molecular flexibility index (Phi) is 2.93. The summed E-state index contributed by atoms with van der Waals surface area (Å²) in [4.78, 5) is 14.8. The maximum atomic E-state index is 10.3. The van der Waals surface area contributed by atoms with Crippen LogP contribution in [0.5, 0.6) is 0 Å². The van der Waals surface area contributed by atoms with Crippen molar-refractivity contribution in [3.8, 4) is 0 Å². The Labute approximate surface area is 83.6 Å². The van der Waals surface area contributed by atoms with Crippen LogP contribution in [0.15, 0.2) is 17.3 Å². The molecule has 0 aromatic heterocycles. The summed E-state index contributed by atoms with van der Waals surface area (Å²) in [5.41, 5.74) is -0.431. The highest BCUT2D eigenvalue weighted by atomic mass is 16.6. The van der Waals surface area contributed by atoms with E-state index in [4.69, 9.17) is 4.74 Å². The lowest BCUT2D eigenvalue weighted by Crippen LogP contribution is -2.17. The predicted octanol–water partition coefficient (Wildman–Crippen LogP) is 1.52. The van der Waals surface area contributed by atoms with Gasteiger partial charge >= 0.3 is 0 Å². The smallest absolute Gasteiger partial charge is 0.293 e. The second kappa shape index (κ2) is 3.82. The third-order valence-corrected chi connectivity index (χ3v) is 2.60. The predicted molar refractivity (Wildman–Crippen MR) is 52.9 cm³/mol. The summed E-state index contributed by atoms with van der Waals surface area (Å²) in [5, 5.41) is 3.55. The first-order valence-corrected chi connectivity index (χ1v) is 4.44. The molecule has 1 rings (SSSR count). The van der Waals surface area contributed by atoms with Crippen LogP contribution < -0.4 is 0 Å². The number of oxime groups is 1. The number of carbonyl (C=O) groups excluding carboxylic acids is 1. The van der Waals surface area contributed by atoms with Gasteiger partial charge in [0.1, 0.15) is 12.7 Å². The van der Waals surface area contributed by atoms with E-state index in [1.807, 2.05) is 19.9 Å². The lowest BCUT2D eigenvalue weighted by molar-refractivity contribution is -0.134. The molecular weight excluding hydrogens is 182 g/mol. The van der Waals surface area contributed by atoms with Crippen LogP contribution >= 0.6 is 0 Å². The maximum Gasteiger partial charge on any atom is 0.293 e. The molecule has 4 nitrogen and oxygen atoms in total. The molecule has 0 saturated heterocycles. The molecule has 0 N–H and O–H groups in total. The van der Waals surface area contributed by atoms with Gasteiger partial charge in [-0.1, -0.05) is 19.0 Å². The Balaban J connectivity index is 2.59. The number of hydrogen-bond acceptors (Lipinski definition) is 4. The van der Waals surface area contributed by atoms with Gasteiger partial charge in [-0.05, 0) is 12.2 Å². The van der Waals surface area contributed by atoms with Gasteiger partial charge in [0.25, 0.3) is 6.47 Å². The van der Waals surface area contributed by atoms with E-state index in [-0.39, 0.29) is 5.41 Å². The molecule has 1 aliphatic rings. The summed E-state index contributed by atoms with van der Waals surface area (Å²) in [7, 11) is 1.48. The Bertz CT molecular complexity index is 271. The van der Waals surface area contributed by atoms with Crippen LogP contribution in [0.2, 0.25) is 0 Å². The standard InChI is InChI=1S/C10H15NO3/c1-9(2)7-10(9,14-8-12)5-4-6-11-13-3/h4-6,8H,7H2,1-3H3. The molecule has 78 valence electrons. The van der Waals surface area contributed by atoms with Gasteiger partial charge in [-0.2, -0.15) is 0 Å². The average Bonchev–Trinajstić information content (AvgIpc) is 2.63. The molecule has 0 aromatic rings. The molecule has 0 radical (unpaired) electrons. The van der Waals surface area contributed by atoms with Crippen molar-refractivity contribution in [2.75, 3.05) is 7.11 Å². The van der Waals surface area contributed by atoms with Gasteiger partial charge in [-0.25, -0.2) is 0 Å². The Hall–Kier alpha value is -1.32. The summed E-state index contributed by atoms with van der Waals surface area (Å²) in [6, 6.07) is 0. The van der Waals surface area contributed by atoms with Crippen LogP contribution in [0, 0.1) is 5.41 Å². The number of carbonyl (C=O) groups is 1. The van der Waals surface area contributed by atoms with Gasteiger partial charge in [-0.3, -0.25) is 4.79 Å². The highest BCUT2D eigenvalue weighted by molar-refractivity contribution is 5.71. The van der Waals surface area contributed by atoms with Gasteiger partial charge in [-0.15, -0.1) is 0 Å². The maximum absolute atomic E-state index is 10.3. The normalized spacial score (nSPS) is 29.4. The number of nitrogens with zero attached hydrogens (tertiary/aromatic N) is 1. The van der Waals surface area contributed by atoms with E-state index in [1.54, 1.807) is 6.08 Å². The van der Waals surface area contributed by atoms with E-state index in [2.05, 4.69) is 9.99 Å². The molecular formula is C10H15NO3. The number of allylic oxidation sites excluding steroid dienone is 1. The zero-order valence-corrected chi connectivity index (χ0v) is 8.69. The van der Waals surface area contributed by atoms with Crippen LogP contribution in [0.1, 0.15) is 20.3 Å². The fourth-order valence-electron chi connectivity index (χ4n) is 1.52. The first-order valence-electron chi connectivity index (χ1n) is 4.44. The van der Waals surface area contributed by atoms with E-state index in [9.17, 15) is 4.79 Å². The number of hydrogen-bond donors (Lipinski definition) is 0. The Morgan fingerprint density at radius 1 is 1.43 bits per heavy atom. The lowest BCUT2D eigenvalue weighted by Gasteiger charge is -2.13. The van der Waals surface area contributed by atoms with Gasteiger partial charge in [0.15, 0.2) is 0 Å². The van der Waals surface area contributed by atoms with Gasteiger partial charge < -0.3 is 9.57 Å². The molecule has 1 unspecified atom stereocenters. The fraction of sp³-hybridized carbons (Fsp3) is 0.600. The molecule has 1 saturated carbocycles. The molecule has 0 spiro atoms. The van der Waals surface area contributed by atoms with Crippen molar-refractivity contribution < 1.29 is 14.4 Å². The van der Waals surface area contributed by atoms with Crippen LogP contribution in [-0.2, 0) is 14.4 Å². The van der Waals surface area contributed by atoms with E-state index < -0.39 is 5.60 Å². The molecule has 0 aromatic carbocycles. The second-order valence-corrected chi connectivity index (χ2v) is 3.96. The highest BCUT2D eigenvalue weighted by Gasteiger charge is 2.62. The Morgan fingerprint density at radius 2 is 2.07 bits per heavy atom. The zero-order valence-electron chi connectivity index (χ0n) is 8.69. The molecule has 4 heteroatoms. The minimum atomic E-state index is -0.450. The number of rotatable bonds is 5. The second-order valence-electron chi connectivity index (χ2n) is 3.96. The minimum absolute atomic E-state index is 0.0192. The van der Waals surface area contributed by atoms with Crippen molar-refractivity contribution in [1.82, 2.24) is 0 Å². The van der Waals surface area contributed by atoms with Crippen molar-refractivity contribution in [3.05, 3.63) is 12.2 Å². The van der Waals surface area contributed by atoms with Gasteiger partial charge in [0.05, 0.1) is 6.21 Å². The largest absolute Gasteiger partial charge is 0.456 e. The number of ether oxygens (including phenoxy) is 1. The van der Waals surface area contributed by atoms with Gasteiger partial charge in [0.2, 0.25) is 0 Å². The molecule has 1 aliphatic carbocycles. The van der Waals surface area contributed by atoms with Crippen LogP contribution in [0.25, 0.3) is 0 Å². The summed E-state index contributed by atoms with van der Waals surface area (Å²) in [6.45, 7) is 4.59. The topological polar surface area (TPSA) is 47.9 Å². The molecule has 1 atom stereocenters. The molecule has 0 heterocycles. The van der Waals surface area contributed by atoms with Crippen molar-refractivity contribution in [2.24, 2.45) is 10.6 Å². The van der Waals surface area contributed by atoms with E-state index in [0.717, 1.165) is 6.42 Å². The van der Waals surface area contributed by atoms with E-state index in [0.29, 0.717) is 6.47 Å². The lowest BCUT2D eigenvalue weighted by atomic mass is 10.1. The summed E-state index contributed by atoms with van der Waals surface area (Å²) < 4.78 is 5.07. The summed E-state index contributed by atoms with van der Waals surface area (Å²) >= 11 is 0. The van der Waals surface area contributed by atoms with Crippen LogP contribution in [-0.4, -0.2) is 25.4 Å². The molecule has 1 fully saturated rings. The third kappa shape index (κ3) is 1.95. The van der Waals surface area contributed by atoms with Crippen LogP contribution in [0.3, 0.4) is 0 Å². The summed E-state index contributed by atoms with van der Waals surface area (Å²) in [6.07, 6.45) is 5.92. The molecule has 0 amide bonds. The quantitative estimate of drug-likeness (QED) is 0.381. The van der Waals surface area contributed by atoms with Crippen molar-refractivity contribution in [2.45, 2.75) is 25.9 Å². The van der Waals surface area contributed by atoms with Crippen molar-refractivity contribution in [1.29, 1.82) is 0 Å². The monoisotopic (exact) mass is 197 g/mol. The molecule has 0 bridgehead atoms. The molecule has 14 heavy (non-hydrogen) atoms. The first-order chi connectivity index (χ1) is 6.58. The SMILES string of the molecule is CON=CC=CC1(OC=O)CC1(C)C. The van der Waals surface area contributed by atoms with Crippen molar-refractivity contribution in [3.63, 3.8) is 0 Å². The zero-order chi connectivity index (χ0) is 10.7. The highest BCUT2D eigenvalue weighted by Crippen LogP contribution is 2.58. The Morgan fingerprint density at radius 3 is 2.50 bits per heavy atom. The van der Waals surface area contributed by atoms with E-state index >= 15 is 0 Å². The minimum Gasteiger partial charge on any atom is -0.456 e. The first kappa shape index (κ1) is 10.8. The van der Waals surface area contributed by atoms with Gasteiger partial charge in [0, 0.05) is 11.8 Å². The third-order valence-electron chi connectivity index (χ3n) is 2.60. The summed E-state index contributed by atoms with van der Waals surface area (Å²) in [5.74, 6) is 0. The average molecular weight is 197 g/mol. The van der Waals surface area contributed by atoms with Crippen molar-refractivity contribution >= 4 is 12.7 Å².